The lowest BCUT2D eigenvalue weighted by Gasteiger charge is -2.40. The summed E-state index contributed by atoms with van der Waals surface area (Å²) in [6.07, 6.45) is -1.22. The Morgan fingerprint density at radius 1 is 1.30 bits per heavy atom. The van der Waals surface area contributed by atoms with E-state index in [1.807, 2.05) is 24.8 Å². The van der Waals surface area contributed by atoms with Gasteiger partial charge < -0.3 is 14.7 Å². The average Bonchev–Trinajstić information content (AvgIpc) is 3.20. The van der Waals surface area contributed by atoms with Crippen molar-refractivity contribution in [3.63, 3.8) is 0 Å². The number of alkyl halides is 3. The molecule has 1 saturated heterocycles. The molecule has 0 amide bonds. The van der Waals surface area contributed by atoms with Crippen LogP contribution in [0.3, 0.4) is 0 Å². The van der Waals surface area contributed by atoms with E-state index >= 15 is 0 Å². The molecule has 1 saturated carbocycles. The van der Waals surface area contributed by atoms with Crippen LogP contribution in [-0.4, -0.2) is 52.0 Å². The maximum absolute atomic E-state index is 13.1. The van der Waals surface area contributed by atoms with E-state index in [0.717, 1.165) is 12.1 Å². The molecule has 1 N–H and O–H groups in total. The number of rotatable bonds is 5. The minimum absolute atomic E-state index is 0.0560. The molecule has 3 heterocycles. The number of hydrogen-bond acceptors (Lipinski definition) is 5. The van der Waals surface area contributed by atoms with Crippen molar-refractivity contribution in [3.8, 4) is 5.75 Å². The maximum Gasteiger partial charge on any atom is 0.391 e. The Labute approximate surface area is 190 Å². The fraction of sp³-hybridized carbons (Fsp3) is 0.696. The monoisotopic (exact) mass is 468 g/mol. The van der Waals surface area contributed by atoms with Crippen LogP contribution in [0.1, 0.15) is 69.2 Å². The molecule has 0 spiro atoms. The lowest BCUT2D eigenvalue weighted by Crippen LogP contribution is -2.48. The predicted octanol–water partition coefficient (Wildman–Crippen LogP) is 4.96. The van der Waals surface area contributed by atoms with E-state index < -0.39 is 23.5 Å². The van der Waals surface area contributed by atoms with Gasteiger partial charge in [0.05, 0.1) is 29.8 Å². The Kier molecular flexibility index (Phi) is 6.22. The molecule has 33 heavy (non-hydrogen) atoms. The Morgan fingerprint density at radius 3 is 2.58 bits per heavy atom. The molecule has 182 valence electrons. The normalized spacial score (nSPS) is 26.5. The van der Waals surface area contributed by atoms with Gasteiger partial charge in [-0.2, -0.15) is 22.8 Å². The highest BCUT2D eigenvalue weighted by Gasteiger charge is 2.43. The topological polar surface area (TPSA) is 80.0 Å². The molecule has 1 aliphatic carbocycles. The Hall–Kier alpha value is -2.52. The molecule has 7 nitrogen and oxygen atoms in total. The van der Waals surface area contributed by atoms with Crippen molar-refractivity contribution in [2.75, 3.05) is 25.1 Å². The number of ether oxygens (including phenoxy) is 1. The number of carboxylic acids is 1. The number of aryl methyl sites for hydroxylation is 1. The number of aromatic nitrogens is 3. The molecule has 4 rings (SSSR count). The van der Waals surface area contributed by atoms with E-state index in [9.17, 15) is 23.1 Å². The molecule has 2 aromatic heterocycles. The maximum atomic E-state index is 13.1. The molecule has 0 aromatic carbocycles. The highest BCUT2D eigenvalue weighted by Crippen LogP contribution is 2.44. The molecule has 0 radical (unpaired) electrons. The number of fused-ring (bicyclic) bond motifs is 1. The van der Waals surface area contributed by atoms with Crippen LogP contribution in [-0.2, 0) is 4.79 Å². The van der Waals surface area contributed by atoms with E-state index in [-0.39, 0.29) is 18.8 Å². The molecule has 0 bridgehead atoms. The second-order valence-electron chi connectivity index (χ2n) is 9.45. The van der Waals surface area contributed by atoms with Gasteiger partial charge in [-0.05, 0) is 51.9 Å². The summed E-state index contributed by atoms with van der Waals surface area (Å²) in [7, 11) is 1.55. The summed E-state index contributed by atoms with van der Waals surface area (Å²) < 4.78 is 46.6. The van der Waals surface area contributed by atoms with Gasteiger partial charge in [0.2, 0.25) is 0 Å². The summed E-state index contributed by atoms with van der Waals surface area (Å²) >= 11 is 0. The molecule has 2 fully saturated rings. The number of halogens is 3. The Morgan fingerprint density at radius 2 is 2.00 bits per heavy atom. The molecule has 2 aliphatic rings. The molecule has 1 aliphatic heterocycles. The summed E-state index contributed by atoms with van der Waals surface area (Å²) in [6.45, 7) is 4.72. The zero-order valence-corrected chi connectivity index (χ0v) is 19.3. The number of piperidine rings is 1. The van der Waals surface area contributed by atoms with Gasteiger partial charge in [-0.15, -0.1) is 0 Å². The first kappa shape index (κ1) is 23.6. The van der Waals surface area contributed by atoms with Crippen molar-refractivity contribution in [2.24, 2.45) is 11.3 Å². The minimum atomic E-state index is -4.15. The second kappa shape index (κ2) is 8.68. The van der Waals surface area contributed by atoms with Crippen molar-refractivity contribution < 1.29 is 27.8 Å². The lowest BCUT2D eigenvalue weighted by molar-refractivity contribution is -0.182. The summed E-state index contributed by atoms with van der Waals surface area (Å²) in [6, 6.07) is 1.85. The zero-order valence-electron chi connectivity index (χ0n) is 19.3. The summed E-state index contributed by atoms with van der Waals surface area (Å²) in [5.41, 5.74) is 1.14. The van der Waals surface area contributed by atoms with Crippen LogP contribution in [0.5, 0.6) is 5.75 Å². The third-order valence-electron chi connectivity index (χ3n) is 7.54. The van der Waals surface area contributed by atoms with Crippen LogP contribution in [0.2, 0.25) is 0 Å². The summed E-state index contributed by atoms with van der Waals surface area (Å²) in [5, 5.41) is 14.7. The Balaban J connectivity index is 1.71. The van der Waals surface area contributed by atoms with E-state index in [1.165, 1.54) is 0 Å². The minimum Gasteiger partial charge on any atom is -0.491 e. The number of anilines is 1. The number of carbonyl (C=O) groups is 1. The van der Waals surface area contributed by atoms with Crippen LogP contribution in [0.15, 0.2) is 6.07 Å². The van der Waals surface area contributed by atoms with Crippen LogP contribution >= 0.6 is 0 Å². The highest BCUT2D eigenvalue weighted by atomic mass is 19.4. The second-order valence-corrected chi connectivity index (χ2v) is 9.45. The van der Waals surface area contributed by atoms with E-state index in [0.29, 0.717) is 61.7 Å². The van der Waals surface area contributed by atoms with Gasteiger partial charge in [-0.25, -0.2) is 4.98 Å². The average molecular weight is 469 g/mol. The third kappa shape index (κ3) is 4.24. The quantitative estimate of drug-likeness (QED) is 0.668. The van der Waals surface area contributed by atoms with E-state index in [1.54, 1.807) is 11.6 Å². The molecule has 0 unspecified atom stereocenters. The van der Waals surface area contributed by atoms with Crippen molar-refractivity contribution in [2.45, 2.75) is 70.9 Å². The van der Waals surface area contributed by atoms with Gasteiger partial charge in [0.15, 0.2) is 17.2 Å². The largest absolute Gasteiger partial charge is 0.491 e. The van der Waals surface area contributed by atoms with Crippen LogP contribution in [0.25, 0.3) is 5.65 Å². The molecule has 2 aromatic rings. The number of nitrogens with zero attached hydrogens (tertiary/aromatic N) is 4. The van der Waals surface area contributed by atoms with Gasteiger partial charge in [-0.1, -0.05) is 6.92 Å². The summed E-state index contributed by atoms with van der Waals surface area (Å²) in [4.78, 5) is 18.7. The van der Waals surface area contributed by atoms with Crippen molar-refractivity contribution in [1.82, 2.24) is 14.6 Å². The first-order valence-corrected chi connectivity index (χ1v) is 11.6. The molecule has 1 atom stereocenters. The fourth-order valence-electron chi connectivity index (χ4n) is 5.46. The lowest BCUT2D eigenvalue weighted by atomic mass is 9.77. The van der Waals surface area contributed by atoms with Crippen LogP contribution in [0, 0.1) is 18.3 Å². The molecular weight excluding hydrogens is 437 g/mol. The first-order chi connectivity index (χ1) is 15.6. The number of hydrogen-bond donors (Lipinski definition) is 1. The van der Waals surface area contributed by atoms with E-state index in [2.05, 4.69) is 4.98 Å². The number of carboxylic acid groups (broad SMARTS) is 1. The van der Waals surface area contributed by atoms with Crippen molar-refractivity contribution >= 4 is 17.4 Å². The highest BCUT2D eigenvalue weighted by molar-refractivity contribution is 5.76. The standard InChI is InChI=1S/C23H31F3N4O3/c1-4-22(21(31)32)10-5-11-29(13-22)20-19(33-3)14(2)27-18-12-17(28-30(18)20)15-6-8-16(9-7-15)23(24,25)26/h12,15-16H,4-11,13H2,1-3H3,(H,31,32)/t15-,16-,22-/m0/s1. The van der Waals surface area contributed by atoms with Crippen molar-refractivity contribution in [3.05, 3.63) is 17.5 Å². The first-order valence-electron chi connectivity index (χ1n) is 11.6. The zero-order chi connectivity index (χ0) is 24.0. The van der Waals surface area contributed by atoms with E-state index in [4.69, 9.17) is 9.84 Å². The van der Waals surface area contributed by atoms with Gasteiger partial charge in [0.1, 0.15) is 0 Å². The molecular formula is C23H31F3N4O3. The van der Waals surface area contributed by atoms with Crippen molar-refractivity contribution in [1.29, 1.82) is 0 Å². The molecule has 10 heteroatoms. The number of methoxy groups -OCH3 is 1. The van der Waals surface area contributed by atoms with Gasteiger partial charge >= 0.3 is 12.1 Å². The van der Waals surface area contributed by atoms with Gasteiger partial charge in [0.25, 0.3) is 0 Å². The van der Waals surface area contributed by atoms with Gasteiger partial charge in [-0.3, -0.25) is 4.79 Å². The SMILES string of the molecule is CC[C@]1(C(=O)O)CCCN(c2c(OC)c(C)nc3cc([C@H]4CC[C@H](C(F)(F)F)CC4)nn23)C1. The fourth-order valence-corrected chi connectivity index (χ4v) is 5.46. The van der Waals surface area contributed by atoms with Crippen LogP contribution in [0.4, 0.5) is 19.0 Å². The Bertz CT molecular complexity index is 1030. The third-order valence-corrected chi connectivity index (χ3v) is 7.54. The van der Waals surface area contributed by atoms with Crippen LogP contribution < -0.4 is 9.64 Å². The van der Waals surface area contributed by atoms with Gasteiger partial charge in [0, 0.05) is 25.1 Å². The number of aliphatic carboxylic acids is 1. The summed E-state index contributed by atoms with van der Waals surface area (Å²) in [5.74, 6) is -0.907. The predicted molar refractivity (Wildman–Crippen MR) is 117 cm³/mol. The smallest absolute Gasteiger partial charge is 0.391 e.